The number of carbonyl (C=O) groups excluding carboxylic acids is 3. The van der Waals surface area contributed by atoms with E-state index in [2.05, 4.69) is 5.32 Å². The molecule has 0 bridgehead atoms. The predicted molar refractivity (Wildman–Crippen MR) is 78.9 cm³/mol. The van der Waals surface area contributed by atoms with E-state index in [4.69, 9.17) is 15.6 Å². The number of esters is 1. The number of hydrogen-bond donors (Lipinski definition) is 3. The Hall–Kier alpha value is -2.68. The van der Waals surface area contributed by atoms with Crippen molar-refractivity contribution in [2.75, 3.05) is 11.9 Å². The number of primary amides is 1. The van der Waals surface area contributed by atoms with E-state index in [0.717, 1.165) is 17.4 Å². The second kappa shape index (κ2) is 7.36. The third kappa shape index (κ3) is 4.16. The molecular formula is C13H14N2O6S. The number of carboxylic acid groups (broad SMARTS) is 1. The molecule has 2 amide bonds. The van der Waals surface area contributed by atoms with Crippen LogP contribution >= 0.6 is 11.3 Å². The number of rotatable bonds is 6. The van der Waals surface area contributed by atoms with Gasteiger partial charge in [-0.05, 0) is 19.4 Å². The lowest BCUT2D eigenvalue weighted by atomic mass is 10.1. The molecule has 0 atom stereocenters. The Kier molecular flexibility index (Phi) is 5.81. The van der Waals surface area contributed by atoms with Crippen molar-refractivity contribution in [2.24, 2.45) is 5.73 Å². The molecule has 4 N–H and O–H groups in total. The minimum absolute atomic E-state index is 0.0257. The maximum Gasteiger partial charge on any atom is 0.341 e. The van der Waals surface area contributed by atoms with Crippen molar-refractivity contribution in [3.63, 3.8) is 0 Å². The number of aliphatic carboxylic acids is 1. The molecule has 0 saturated carbocycles. The van der Waals surface area contributed by atoms with Gasteiger partial charge in [0.05, 0.1) is 17.0 Å². The van der Waals surface area contributed by atoms with Crippen LogP contribution in [0.3, 0.4) is 0 Å². The smallest absolute Gasteiger partial charge is 0.341 e. The molecule has 1 heterocycles. The standard InChI is InChI=1S/C13H14N2O6S/c1-3-21-13(20)9-6(2)10(11(14)19)22-12(9)15-7(16)4-5-8(17)18/h4-5H,3H2,1-2H3,(H2,14,19)(H,15,16)(H,17,18)/b5-4-. The van der Waals surface area contributed by atoms with Gasteiger partial charge in [0.1, 0.15) is 5.00 Å². The van der Waals surface area contributed by atoms with E-state index >= 15 is 0 Å². The molecule has 8 nitrogen and oxygen atoms in total. The van der Waals surface area contributed by atoms with Crippen LogP contribution in [0.5, 0.6) is 0 Å². The predicted octanol–water partition coefficient (Wildman–Crippen LogP) is 0.911. The van der Waals surface area contributed by atoms with Gasteiger partial charge < -0.3 is 20.9 Å². The first-order valence-corrected chi connectivity index (χ1v) is 6.91. The van der Waals surface area contributed by atoms with Gasteiger partial charge in [-0.25, -0.2) is 9.59 Å². The second-order valence-electron chi connectivity index (χ2n) is 4.01. The average Bonchev–Trinajstić information content (AvgIpc) is 2.73. The van der Waals surface area contributed by atoms with Crippen LogP contribution < -0.4 is 11.1 Å². The van der Waals surface area contributed by atoms with Crippen molar-refractivity contribution < 1.29 is 29.0 Å². The first-order chi connectivity index (χ1) is 10.3. The molecule has 0 saturated heterocycles. The Labute approximate surface area is 129 Å². The van der Waals surface area contributed by atoms with Crippen molar-refractivity contribution in [1.82, 2.24) is 0 Å². The molecule has 1 aromatic rings. The molecule has 0 radical (unpaired) electrons. The van der Waals surface area contributed by atoms with E-state index in [1.807, 2.05) is 0 Å². The first-order valence-electron chi connectivity index (χ1n) is 6.10. The number of hydrogen-bond acceptors (Lipinski definition) is 6. The van der Waals surface area contributed by atoms with Crippen molar-refractivity contribution in [3.8, 4) is 0 Å². The fourth-order valence-electron chi connectivity index (χ4n) is 1.59. The highest BCUT2D eigenvalue weighted by molar-refractivity contribution is 7.18. The van der Waals surface area contributed by atoms with Crippen molar-refractivity contribution in [3.05, 3.63) is 28.2 Å². The molecule has 0 aliphatic heterocycles. The summed E-state index contributed by atoms with van der Waals surface area (Å²) in [6.45, 7) is 3.24. The van der Waals surface area contributed by atoms with Crippen LogP contribution in [0.25, 0.3) is 0 Å². The highest BCUT2D eigenvalue weighted by Gasteiger charge is 2.25. The summed E-state index contributed by atoms with van der Waals surface area (Å²) in [6.07, 6.45) is 1.44. The monoisotopic (exact) mass is 326 g/mol. The summed E-state index contributed by atoms with van der Waals surface area (Å²) in [7, 11) is 0. The van der Waals surface area contributed by atoms with Crippen LogP contribution in [0.4, 0.5) is 5.00 Å². The molecule has 0 unspecified atom stereocenters. The molecule has 0 aliphatic carbocycles. The molecule has 0 aromatic carbocycles. The van der Waals surface area contributed by atoms with Crippen molar-refractivity contribution in [2.45, 2.75) is 13.8 Å². The van der Waals surface area contributed by atoms with Gasteiger partial charge in [-0.15, -0.1) is 11.3 Å². The van der Waals surface area contributed by atoms with Gasteiger partial charge in [-0.1, -0.05) is 0 Å². The van der Waals surface area contributed by atoms with Gasteiger partial charge in [0.15, 0.2) is 0 Å². The van der Waals surface area contributed by atoms with E-state index in [0.29, 0.717) is 11.6 Å². The van der Waals surface area contributed by atoms with Crippen molar-refractivity contribution in [1.29, 1.82) is 0 Å². The number of anilines is 1. The molecule has 0 fully saturated rings. The lowest BCUT2D eigenvalue weighted by Gasteiger charge is -2.05. The molecule has 1 aromatic heterocycles. The Balaban J connectivity index is 3.19. The summed E-state index contributed by atoms with van der Waals surface area (Å²) in [6, 6.07) is 0. The SMILES string of the molecule is CCOC(=O)c1c(NC(=O)/C=C\C(=O)O)sc(C(N)=O)c1C. The minimum atomic E-state index is -1.29. The van der Waals surface area contributed by atoms with E-state index in [1.165, 1.54) is 6.92 Å². The minimum Gasteiger partial charge on any atom is -0.478 e. The molecule has 118 valence electrons. The Morgan fingerprint density at radius 3 is 2.45 bits per heavy atom. The van der Waals surface area contributed by atoms with E-state index in [-0.39, 0.29) is 22.0 Å². The van der Waals surface area contributed by atoms with Crippen LogP contribution in [0.1, 0.15) is 32.5 Å². The Morgan fingerprint density at radius 2 is 1.95 bits per heavy atom. The van der Waals surface area contributed by atoms with Crippen LogP contribution in [0, 0.1) is 6.92 Å². The number of amides is 2. The summed E-state index contributed by atoms with van der Waals surface area (Å²) in [5, 5.41) is 10.9. The lowest BCUT2D eigenvalue weighted by Crippen LogP contribution is -2.13. The molecule has 9 heteroatoms. The van der Waals surface area contributed by atoms with Crippen LogP contribution in [-0.2, 0) is 14.3 Å². The topological polar surface area (TPSA) is 136 Å². The zero-order chi connectivity index (χ0) is 16.9. The highest BCUT2D eigenvalue weighted by Crippen LogP contribution is 2.33. The Bertz CT molecular complexity index is 662. The third-order valence-electron chi connectivity index (χ3n) is 2.46. The summed E-state index contributed by atoms with van der Waals surface area (Å²) in [5.41, 5.74) is 5.54. The van der Waals surface area contributed by atoms with E-state index in [1.54, 1.807) is 6.92 Å². The zero-order valence-corrected chi connectivity index (χ0v) is 12.7. The number of nitrogens with one attached hydrogen (secondary N) is 1. The normalized spacial score (nSPS) is 10.5. The number of carbonyl (C=O) groups is 4. The van der Waals surface area contributed by atoms with Crippen molar-refractivity contribution >= 4 is 40.1 Å². The van der Waals surface area contributed by atoms with Crippen LogP contribution in [0.2, 0.25) is 0 Å². The lowest BCUT2D eigenvalue weighted by molar-refractivity contribution is -0.131. The summed E-state index contributed by atoms with van der Waals surface area (Å²) < 4.78 is 4.87. The highest BCUT2D eigenvalue weighted by atomic mass is 32.1. The number of thiophene rings is 1. The molecule has 0 spiro atoms. The summed E-state index contributed by atoms with van der Waals surface area (Å²) >= 11 is 0.822. The molecule has 22 heavy (non-hydrogen) atoms. The first kappa shape index (κ1) is 17.4. The van der Waals surface area contributed by atoms with Crippen LogP contribution in [-0.4, -0.2) is 35.5 Å². The Morgan fingerprint density at radius 1 is 1.32 bits per heavy atom. The van der Waals surface area contributed by atoms with E-state index in [9.17, 15) is 19.2 Å². The fourth-order valence-corrected chi connectivity index (χ4v) is 2.64. The van der Waals surface area contributed by atoms with Gasteiger partial charge in [0, 0.05) is 12.2 Å². The van der Waals surface area contributed by atoms with Gasteiger partial charge in [0.25, 0.3) is 5.91 Å². The summed E-state index contributed by atoms with van der Waals surface area (Å²) in [5.74, 6) is -3.50. The van der Waals surface area contributed by atoms with Gasteiger partial charge >= 0.3 is 11.9 Å². The number of carboxylic acids is 1. The van der Waals surface area contributed by atoms with Gasteiger partial charge in [0.2, 0.25) is 5.91 Å². The zero-order valence-electron chi connectivity index (χ0n) is 11.8. The van der Waals surface area contributed by atoms with Gasteiger partial charge in [-0.3, -0.25) is 9.59 Å². The van der Waals surface area contributed by atoms with Crippen LogP contribution in [0.15, 0.2) is 12.2 Å². The maximum atomic E-state index is 11.9. The van der Waals surface area contributed by atoms with E-state index < -0.39 is 23.8 Å². The molecular weight excluding hydrogens is 312 g/mol. The average molecular weight is 326 g/mol. The molecule has 0 aliphatic rings. The summed E-state index contributed by atoms with van der Waals surface area (Å²) in [4.78, 5) is 45.4. The third-order valence-corrected chi connectivity index (χ3v) is 3.69. The number of nitrogens with two attached hydrogens (primary N) is 1. The largest absolute Gasteiger partial charge is 0.478 e. The maximum absolute atomic E-state index is 11.9. The quantitative estimate of drug-likeness (QED) is 0.525. The molecule has 1 rings (SSSR count). The van der Waals surface area contributed by atoms with Gasteiger partial charge in [-0.2, -0.15) is 0 Å². The fraction of sp³-hybridized carbons (Fsp3) is 0.231. The number of ether oxygens (including phenoxy) is 1. The second-order valence-corrected chi connectivity index (χ2v) is 5.03.